The zero-order valence-corrected chi connectivity index (χ0v) is 16.6. The number of amides is 2. The van der Waals surface area contributed by atoms with Crippen LogP contribution >= 0.6 is 0 Å². The lowest BCUT2D eigenvalue weighted by atomic mass is 10.0. The Balaban J connectivity index is 1.66. The number of anilines is 1. The molecule has 0 spiro atoms. The van der Waals surface area contributed by atoms with Crippen LogP contribution in [-0.2, 0) is 4.79 Å². The fraction of sp³-hybridized carbons (Fsp3) is 0.0870. The van der Waals surface area contributed by atoms with Gasteiger partial charge in [-0.1, -0.05) is 48.5 Å². The number of non-ortho nitro benzene ring substituents is 1. The van der Waals surface area contributed by atoms with E-state index in [2.05, 4.69) is 10.6 Å². The molecule has 2 amide bonds. The van der Waals surface area contributed by atoms with Gasteiger partial charge in [-0.15, -0.1) is 0 Å². The molecular weight excluding hydrogens is 398 g/mol. The van der Waals surface area contributed by atoms with Crippen molar-refractivity contribution in [1.82, 2.24) is 5.32 Å². The Morgan fingerprint density at radius 3 is 2.19 bits per heavy atom. The van der Waals surface area contributed by atoms with Crippen LogP contribution < -0.4 is 10.6 Å². The van der Waals surface area contributed by atoms with Crippen molar-refractivity contribution in [3.8, 4) is 0 Å². The maximum atomic E-state index is 12.6. The van der Waals surface area contributed by atoms with Gasteiger partial charge >= 0.3 is 0 Å². The van der Waals surface area contributed by atoms with E-state index in [9.17, 15) is 24.5 Å². The van der Waals surface area contributed by atoms with Crippen molar-refractivity contribution in [1.29, 1.82) is 0 Å². The number of ketones is 1. The van der Waals surface area contributed by atoms with Crippen LogP contribution in [0.2, 0.25) is 0 Å². The molecule has 0 saturated heterocycles. The summed E-state index contributed by atoms with van der Waals surface area (Å²) in [4.78, 5) is 47.7. The predicted octanol–water partition coefficient (Wildman–Crippen LogP) is 3.58. The highest BCUT2D eigenvalue weighted by molar-refractivity contribution is 6.10. The Hall–Kier alpha value is -4.33. The van der Waals surface area contributed by atoms with Crippen LogP contribution in [0.3, 0.4) is 0 Å². The highest BCUT2D eigenvalue weighted by Crippen LogP contribution is 2.16. The van der Waals surface area contributed by atoms with Gasteiger partial charge in [-0.25, -0.2) is 0 Å². The average Bonchev–Trinajstić information content (AvgIpc) is 2.79. The highest BCUT2D eigenvalue weighted by Gasteiger charge is 2.19. The Morgan fingerprint density at radius 2 is 1.48 bits per heavy atom. The smallest absolute Gasteiger partial charge is 0.270 e. The van der Waals surface area contributed by atoms with E-state index in [1.165, 1.54) is 25.1 Å². The molecule has 0 saturated carbocycles. The normalized spacial score (nSPS) is 11.3. The largest absolute Gasteiger partial charge is 0.341 e. The lowest BCUT2D eigenvalue weighted by molar-refractivity contribution is -0.384. The lowest BCUT2D eigenvalue weighted by Crippen LogP contribution is -2.41. The molecule has 8 heteroatoms. The van der Waals surface area contributed by atoms with Crippen LogP contribution in [0, 0.1) is 10.1 Å². The van der Waals surface area contributed by atoms with Gasteiger partial charge in [-0.05, 0) is 25.1 Å². The number of rotatable bonds is 7. The standard InChI is InChI=1S/C23H19N3O5/c1-15(24-23(29)18-10-6-12-20(14-18)26(30)31)22(28)25-19-11-5-9-17(13-19)21(27)16-7-3-2-4-8-16/h2-15H,1H3,(H,24,29)(H,25,28). The maximum Gasteiger partial charge on any atom is 0.270 e. The van der Waals surface area contributed by atoms with Crippen molar-refractivity contribution in [3.63, 3.8) is 0 Å². The van der Waals surface area contributed by atoms with Gasteiger partial charge in [0, 0.05) is 34.5 Å². The number of hydrogen-bond acceptors (Lipinski definition) is 5. The minimum atomic E-state index is -0.916. The van der Waals surface area contributed by atoms with Crippen molar-refractivity contribution >= 4 is 29.0 Å². The molecule has 8 nitrogen and oxygen atoms in total. The number of carbonyl (C=O) groups excluding carboxylic acids is 3. The molecule has 2 N–H and O–H groups in total. The molecule has 3 rings (SSSR count). The Morgan fingerprint density at radius 1 is 0.839 bits per heavy atom. The van der Waals surface area contributed by atoms with Crippen molar-refractivity contribution < 1.29 is 19.3 Å². The molecule has 156 valence electrons. The third kappa shape index (κ3) is 5.39. The van der Waals surface area contributed by atoms with Gasteiger partial charge in [-0.3, -0.25) is 24.5 Å². The number of benzene rings is 3. The third-order valence-corrected chi connectivity index (χ3v) is 4.49. The molecule has 3 aromatic carbocycles. The van der Waals surface area contributed by atoms with E-state index in [0.717, 1.165) is 6.07 Å². The van der Waals surface area contributed by atoms with Crippen LogP contribution in [0.15, 0.2) is 78.9 Å². The molecule has 0 aliphatic carbocycles. The summed E-state index contributed by atoms with van der Waals surface area (Å²) in [6.07, 6.45) is 0. The Bertz CT molecular complexity index is 1140. The van der Waals surface area contributed by atoms with Crippen molar-refractivity contribution in [2.45, 2.75) is 13.0 Å². The number of nitrogens with one attached hydrogen (secondary N) is 2. The van der Waals surface area contributed by atoms with Gasteiger partial charge in [0.05, 0.1) is 4.92 Å². The van der Waals surface area contributed by atoms with Gasteiger partial charge in [0.2, 0.25) is 5.91 Å². The summed E-state index contributed by atoms with van der Waals surface area (Å²) in [5.74, 6) is -1.29. The molecule has 0 aliphatic heterocycles. The summed E-state index contributed by atoms with van der Waals surface area (Å²) >= 11 is 0. The summed E-state index contributed by atoms with van der Waals surface area (Å²) < 4.78 is 0. The molecule has 1 unspecified atom stereocenters. The minimum absolute atomic E-state index is 0.0734. The molecule has 0 aliphatic rings. The van der Waals surface area contributed by atoms with Crippen LogP contribution in [-0.4, -0.2) is 28.6 Å². The summed E-state index contributed by atoms with van der Waals surface area (Å²) in [6, 6.07) is 19.6. The predicted molar refractivity (Wildman–Crippen MR) is 115 cm³/mol. The molecule has 0 heterocycles. The first-order chi connectivity index (χ1) is 14.8. The van der Waals surface area contributed by atoms with E-state index in [1.807, 2.05) is 6.07 Å². The van der Waals surface area contributed by atoms with E-state index < -0.39 is 22.8 Å². The number of nitro groups is 1. The second-order valence-corrected chi connectivity index (χ2v) is 6.77. The first-order valence-corrected chi connectivity index (χ1v) is 9.41. The molecular formula is C23H19N3O5. The third-order valence-electron chi connectivity index (χ3n) is 4.49. The van der Waals surface area contributed by atoms with E-state index >= 15 is 0 Å². The van der Waals surface area contributed by atoms with E-state index in [0.29, 0.717) is 16.8 Å². The first-order valence-electron chi connectivity index (χ1n) is 9.41. The summed E-state index contributed by atoms with van der Waals surface area (Å²) in [7, 11) is 0. The molecule has 1 atom stereocenters. The van der Waals surface area contributed by atoms with Crippen molar-refractivity contribution in [2.24, 2.45) is 0 Å². The van der Waals surface area contributed by atoms with E-state index in [4.69, 9.17) is 0 Å². The van der Waals surface area contributed by atoms with Crippen molar-refractivity contribution in [3.05, 3.63) is 106 Å². The Labute approximate surface area is 178 Å². The number of hydrogen-bond donors (Lipinski definition) is 2. The molecule has 0 fully saturated rings. The van der Waals surface area contributed by atoms with Gasteiger partial charge in [0.15, 0.2) is 5.78 Å². The number of carbonyl (C=O) groups is 3. The second-order valence-electron chi connectivity index (χ2n) is 6.77. The molecule has 3 aromatic rings. The van der Waals surface area contributed by atoms with Gasteiger partial charge in [-0.2, -0.15) is 0 Å². The molecule has 0 radical (unpaired) electrons. The van der Waals surface area contributed by atoms with Crippen molar-refractivity contribution in [2.75, 3.05) is 5.32 Å². The highest BCUT2D eigenvalue weighted by atomic mass is 16.6. The zero-order valence-electron chi connectivity index (χ0n) is 16.6. The summed E-state index contributed by atoms with van der Waals surface area (Å²) in [5.41, 5.74) is 1.21. The van der Waals surface area contributed by atoms with Crippen LogP contribution in [0.4, 0.5) is 11.4 Å². The molecule has 0 bridgehead atoms. The van der Waals surface area contributed by atoms with Gasteiger partial charge < -0.3 is 10.6 Å². The first kappa shape index (κ1) is 21.4. The van der Waals surface area contributed by atoms with E-state index in [-0.39, 0.29) is 17.0 Å². The zero-order chi connectivity index (χ0) is 22.4. The fourth-order valence-corrected chi connectivity index (χ4v) is 2.85. The summed E-state index contributed by atoms with van der Waals surface area (Å²) in [6.45, 7) is 1.49. The SMILES string of the molecule is CC(NC(=O)c1cccc([N+](=O)[O-])c1)C(=O)Nc1cccc(C(=O)c2ccccc2)c1. The average molecular weight is 417 g/mol. The van der Waals surface area contributed by atoms with Gasteiger partial charge in [0.1, 0.15) is 6.04 Å². The second kappa shape index (κ2) is 9.45. The van der Waals surface area contributed by atoms with Crippen LogP contribution in [0.5, 0.6) is 0 Å². The topological polar surface area (TPSA) is 118 Å². The monoisotopic (exact) mass is 417 g/mol. The maximum absolute atomic E-state index is 12.6. The van der Waals surface area contributed by atoms with E-state index in [1.54, 1.807) is 48.5 Å². The lowest BCUT2D eigenvalue weighted by Gasteiger charge is -2.14. The molecule has 0 aromatic heterocycles. The summed E-state index contributed by atoms with van der Waals surface area (Å²) in [5, 5.41) is 16.0. The number of nitrogens with zero attached hydrogens (tertiary/aromatic N) is 1. The Kier molecular flexibility index (Phi) is 6.51. The number of nitro benzene ring substituents is 1. The van der Waals surface area contributed by atoms with Gasteiger partial charge in [0.25, 0.3) is 11.6 Å². The minimum Gasteiger partial charge on any atom is -0.341 e. The molecule has 31 heavy (non-hydrogen) atoms. The van der Waals surface area contributed by atoms with Crippen LogP contribution in [0.1, 0.15) is 33.2 Å². The quantitative estimate of drug-likeness (QED) is 0.346. The van der Waals surface area contributed by atoms with Crippen LogP contribution in [0.25, 0.3) is 0 Å². The fourth-order valence-electron chi connectivity index (χ4n) is 2.85.